The second-order valence-electron chi connectivity index (χ2n) is 4.02. The van der Waals surface area contributed by atoms with Crippen molar-refractivity contribution in [3.63, 3.8) is 0 Å². The summed E-state index contributed by atoms with van der Waals surface area (Å²) in [6.45, 7) is 6.63. The van der Waals surface area contributed by atoms with Gasteiger partial charge in [-0.15, -0.1) is 0 Å². The Bertz CT molecular complexity index is 292. The molecule has 0 heterocycles. The van der Waals surface area contributed by atoms with Gasteiger partial charge in [-0.25, -0.2) is 0 Å². The van der Waals surface area contributed by atoms with Gasteiger partial charge < -0.3 is 0 Å². The number of rotatable bonds is 4. The molecule has 0 bridgehead atoms. The van der Waals surface area contributed by atoms with Gasteiger partial charge in [0.1, 0.15) is 0 Å². The zero-order chi connectivity index (χ0) is 10.6. The molecule has 0 spiro atoms. The van der Waals surface area contributed by atoms with E-state index in [1.807, 2.05) is 0 Å². The number of benzene rings is 1. The third-order valence-electron chi connectivity index (χ3n) is 2.87. The fraction of sp³-hybridized carbons (Fsp3) is 0.500. The fourth-order valence-electron chi connectivity index (χ4n) is 1.69. The quantitative estimate of drug-likeness (QED) is 0.716. The molecule has 0 unspecified atom stereocenters. The van der Waals surface area contributed by atoms with Gasteiger partial charge in [-0.3, -0.25) is 0 Å². The van der Waals surface area contributed by atoms with E-state index in [-0.39, 0.29) is 0 Å². The van der Waals surface area contributed by atoms with Crippen molar-refractivity contribution in [3.05, 3.63) is 35.4 Å². The predicted octanol–water partition coefficient (Wildman–Crippen LogP) is 4.30. The van der Waals surface area contributed by atoms with Gasteiger partial charge >= 0.3 is 94.3 Å². The minimum absolute atomic E-state index is 1.16. The first-order valence-electron chi connectivity index (χ1n) is 5.34. The van der Waals surface area contributed by atoms with E-state index >= 15 is 0 Å². The Morgan fingerprint density at radius 3 is 2.36 bits per heavy atom. The Morgan fingerprint density at radius 2 is 1.86 bits per heavy atom. The van der Waals surface area contributed by atoms with E-state index in [0.717, 1.165) is 5.25 Å². The van der Waals surface area contributed by atoms with Crippen molar-refractivity contribution in [1.29, 1.82) is 0 Å². The summed E-state index contributed by atoms with van der Waals surface area (Å²) in [6, 6.07) is 8.76. The van der Waals surface area contributed by atoms with E-state index in [4.69, 9.17) is 10.0 Å². The molecule has 0 radical (unpaired) electrons. The Labute approximate surface area is 94.2 Å². The van der Waals surface area contributed by atoms with Crippen molar-refractivity contribution < 1.29 is 0 Å². The molecule has 1 aromatic rings. The summed E-state index contributed by atoms with van der Waals surface area (Å²) in [5.74, 6) is 0. The molecule has 78 valence electrons. The first kappa shape index (κ1) is 12.1. The third kappa shape index (κ3) is 3.32. The van der Waals surface area contributed by atoms with Crippen LogP contribution in [0.3, 0.4) is 0 Å². The molecule has 0 atom stereocenters. The average molecular weight is 271 g/mol. The Hall–Kier alpha value is 0.0529. The van der Waals surface area contributed by atoms with Crippen LogP contribution in [0.1, 0.15) is 25.0 Å². The molecule has 0 saturated heterocycles. The molecule has 0 N–H and O–H groups in total. The number of halogens is 1. The Morgan fingerprint density at radius 1 is 1.21 bits per heavy atom. The summed E-state index contributed by atoms with van der Waals surface area (Å²) >= 11 is -1.99. The van der Waals surface area contributed by atoms with Crippen LogP contribution in [0.25, 0.3) is 0 Å². The van der Waals surface area contributed by atoms with Crippen LogP contribution in [0.2, 0.25) is 10.5 Å². The summed E-state index contributed by atoms with van der Waals surface area (Å²) in [5.41, 5.74) is 2.78. The fourth-order valence-corrected chi connectivity index (χ4v) is 6.58. The average Bonchev–Trinajstić information content (AvgIpc) is 2.18. The van der Waals surface area contributed by atoms with Crippen LogP contribution in [-0.4, -0.2) is 12.3 Å². The van der Waals surface area contributed by atoms with E-state index in [0.29, 0.717) is 0 Å². The molecule has 0 aliphatic rings. The Balaban J connectivity index is 2.77. The molecule has 2 heteroatoms. The summed E-state index contributed by atoms with van der Waals surface area (Å²) in [7, 11) is 6.68. The Kier molecular flexibility index (Phi) is 4.52. The summed E-state index contributed by atoms with van der Waals surface area (Å²) < 4.78 is 0. The summed E-state index contributed by atoms with van der Waals surface area (Å²) in [6.07, 6.45) is 0. The van der Waals surface area contributed by atoms with Crippen LogP contribution in [0.15, 0.2) is 24.3 Å². The van der Waals surface area contributed by atoms with Crippen LogP contribution in [0, 0.1) is 6.92 Å². The van der Waals surface area contributed by atoms with Crippen molar-refractivity contribution in [2.75, 3.05) is 0 Å². The third-order valence-corrected chi connectivity index (χ3v) is 13.8. The first-order valence-corrected chi connectivity index (χ1v) is 12.5. The number of hydrogen-bond donors (Lipinski definition) is 0. The molecule has 0 fully saturated rings. The van der Waals surface area contributed by atoms with Crippen molar-refractivity contribution in [1.82, 2.24) is 0 Å². The monoisotopic (exact) mass is 272 g/mol. The zero-order valence-electron chi connectivity index (χ0n) is 9.31. The van der Waals surface area contributed by atoms with Crippen LogP contribution in [0.5, 0.6) is 0 Å². The van der Waals surface area contributed by atoms with Gasteiger partial charge in [-0.05, 0) is 0 Å². The molecular weight excluding hydrogens is 252 g/mol. The molecular formula is C12H19ClGe. The topological polar surface area (TPSA) is 0 Å². The van der Waals surface area contributed by atoms with Gasteiger partial charge in [0.15, 0.2) is 0 Å². The van der Waals surface area contributed by atoms with Crippen molar-refractivity contribution in [2.24, 2.45) is 0 Å². The van der Waals surface area contributed by atoms with Crippen molar-refractivity contribution in [3.8, 4) is 0 Å². The molecule has 0 nitrogen and oxygen atoms in total. The standard InChI is InChI=1S/C12H19ClGe/c1-4-14(13,5-2)10-12-8-6-7-11(3)9-12/h6-9H,4-5,10H2,1-3H3. The number of aryl methyl sites for hydroxylation is 1. The van der Waals surface area contributed by atoms with Gasteiger partial charge in [-0.1, -0.05) is 0 Å². The van der Waals surface area contributed by atoms with Gasteiger partial charge in [0, 0.05) is 0 Å². The van der Waals surface area contributed by atoms with Gasteiger partial charge in [0.25, 0.3) is 0 Å². The maximum atomic E-state index is 6.68. The van der Waals surface area contributed by atoms with Crippen LogP contribution in [-0.2, 0) is 5.25 Å². The maximum absolute atomic E-state index is 6.68. The second-order valence-corrected chi connectivity index (χ2v) is 16.7. The van der Waals surface area contributed by atoms with E-state index in [9.17, 15) is 0 Å². The number of hydrogen-bond acceptors (Lipinski definition) is 0. The van der Waals surface area contributed by atoms with Crippen LogP contribution < -0.4 is 0 Å². The van der Waals surface area contributed by atoms with E-state index in [2.05, 4.69) is 45.0 Å². The predicted molar refractivity (Wildman–Crippen MR) is 67.5 cm³/mol. The van der Waals surface area contributed by atoms with Crippen molar-refractivity contribution >= 4 is 22.3 Å². The van der Waals surface area contributed by atoms with E-state index in [1.54, 1.807) is 0 Å². The minimum atomic E-state index is -1.99. The zero-order valence-corrected chi connectivity index (χ0v) is 12.2. The molecule has 0 aliphatic carbocycles. The SMILES string of the molecule is C[CH2][Ge]([Cl])([CH2]C)[CH2]c1cccc(C)c1. The van der Waals surface area contributed by atoms with Gasteiger partial charge in [-0.2, -0.15) is 0 Å². The second kappa shape index (κ2) is 5.22. The van der Waals surface area contributed by atoms with E-state index < -0.39 is 12.3 Å². The molecule has 0 saturated carbocycles. The summed E-state index contributed by atoms with van der Waals surface area (Å²) in [5, 5.41) is 3.59. The molecule has 0 aliphatic heterocycles. The van der Waals surface area contributed by atoms with Crippen molar-refractivity contribution in [2.45, 2.75) is 36.5 Å². The summed E-state index contributed by atoms with van der Waals surface area (Å²) in [4.78, 5) is 0. The van der Waals surface area contributed by atoms with E-state index in [1.165, 1.54) is 21.6 Å². The molecule has 0 aromatic heterocycles. The first-order chi connectivity index (χ1) is 6.59. The van der Waals surface area contributed by atoms with Crippen LogP contribution >= 0.6 is 10.0 Å². The molecule has 0 amide bonds. The molecule has 14 heavy (non-hydrogen) atoms. The van der Waals surface area contributed by atoms with Gasteiger partial charge in [0.2, 0.25) is 0 Å². The molecule has 1 aromatic carbocycles. The van der Waals surface area contributed by atoms with Gasteiger partial charge in [0.05, 0.1) is 0 Å². The normalized spacial score (nSPS) is 11.7. The van der Waals surface area contributed by atoms with Crippen LogP contribution in [0.4, 0.5) is 0 Å². The molecule has 1 rings (SSSR count).